The van der Waals surface area contributed by atoms with E-state index in [4.69, 9.17) is 14.2 Å². The van der Waals surface area contributed by atoms with Gasteiger partial charge in [-0.3, -0.25) is 14.4 Å². The molecule has 0 aromatic rings. The average Bonchev–Trinajstić information content (AvgIpc) is 3.45. The highest BCUT2D eigenvalue weighted by molar-refractivity contribution is 5.71. The molecule has 0 aliphatic heterocycles. The minimum Gasteiger partial charge on any atom is -0.462 e. The Morgan fingerprint density at radius 2 is 0.494 bits per heavy atom. The molecule has 0 amide bonds. The Labute approximate surface area is 489 Å². The van der Waals surface area contributed by atoms with E-state index in [0.717, 1.165) is 128 Å². The quantitative estimate of drug-likeness (QED) is 0.0261. The van der Waals surface area contributed by atoms with Gasteiger partial charge in [-0.25, -0.2) is 0 Å². The molecule has 0 aliphatic carbocycles. The predicted octanol–water partition coefficient (Wildman–Crippen LogP) is 23.0. The maximum Gasteiger partial charge on any atom is 0.306 e. The molecule has 0 fully saturated rings. The highest BCUT2D eigenvalue weighted by atomic mass is 16.6. The third-order valence-corrected chi connectivity index (χ3v) is 14.2. The van der Waals surface area contributed by atoms with Crippen molar-refractivity contribution in [3.05, 3.63) is 109 Å². The number of hydrogen-bond donors (Lipinski definition) is 0. The lowest BCUT2D eigenvalue weighted by Crippen LogP contribution is -2.30. The zero-order valence-electron chi connectivity index (χ0n) is 51.9. The van der Waals surface area contributed by atoms with E-state index in [0.29, 0.717) is 19.3 Å². The van der Waals surface area contributed by atoms with Gasteiger partial charge in [0, 0.05) is 19.3 Å². The van der Waals surface area contributed by atoms with E-state index in [1.54, 1.807) is 0 Å². The smallest absolute Gasteiger partial charge is 0.306 e. The van der Waals surface area contributed by atoms with Gasteiger partial charge in [-0.1, -0.05) is 284 Å². The van der Waals surface area contributed by atoms with Crippen LogP contribution >= 0.6 is 0 Å². The number of esters is 3. The van der Waals surface area contributed by atoms with Gasteiger partial charge >= 0.3 is 17.9 Å². The summed E-state index contributed by atoms with van der Waals surface area (Å²) in [7, 11) is 0. The molecule has 0 aromatic carbocycles. The molecule has 0 heterocycles. The van der Waals surface area contributed by atoms with Crippen LogP contribution < -0.4 is 0 Å². The highest BCUT2D eigenvalue weighted by Gasteiger charge is 2.19. The van der Waals surface area contributed by atoms with Crippen molar-refractivity contribution in [2.45, 2.75) is 322 Å². The van der Waals surface area contributed by atoms with Gasteiger partial charge in [-0.05, 0) is 122 Å². The summed E-state index contributed by atoms with van der Waals surface area (Å²) < 4.78 is 16.9. The molecule has 0 aliphatic rings. The molecule has 0 saturated heterocycles. The average molecular weight is 1100 g/mol. The molecule has 0 saturated carbocycles. The standard InChI is InChI=1S/C73H124O6/c1-4-7-10-13-16-19-22-25-28-30-32-33-34-35-36-37-38-39-41-42-45-48-51-54-57-60-63-66-72(75)78-69-70(68-77-71(74)65-62-59-56-53-50-47-44-27-24-21-18-15-12-9-6-3)79-73(76)67-64-61-58-55-52-49-46-43-40-31-29-26-23-20-17-14-11-8-5-2/h7,9-10,12,16,18-19,21,25-29,32-33,35-36,44,70H,4-6,8,11,13-15,17,20,22-24,30-31,34,37-43,45-69H2,1-3H3/b10-7-,12-9-,19-16-,21-18-,28-25-,29-26-,33-32-,36-35-,44-27-. The van der Waals surface area contributed by atoms with Gasteiger partial charge in [-0.15, -0.1) is 0 Å². The molecule has 0 aromatic heterocycles. The Kier molecular flexibility index (Phi) is 63.3. The normalized spacial score (nSPS) is 12.8. The number of carbonyl (C=O) groups excluding carboxylic acids is 3. The van der Waals surface area contributed by atoms with Gasteiger partial charge in [0.2, 0.25) is 0 Å². The SMILES string of the molecule is CC/C=C\C/C=C\C/C=C\C/C=C\C/C=C\CCCCCCCCCCCCCC(=O)OCC(COC(=O)CCCCCCC/C=C\C/C=C\C/C=C\CC)OC(=O)CCCCCCCCCCC/C=C\CCCCCCCC. The van der Waals surface area contributed by atoms with E-state index in [2.05, 4.69) is 130 Å². The number of unbranched alkanes of at least 4 members (excludes halogenated alkanes) is 31. The molecule has 0 radical (unpaired) electrons. The fourth-order valence-corrected chi connectivity index (χ4v) is 9.30. The van der Waals surface area contributed by atoms with Gasteiger partial charge < -0.3 is 14.2 Å². The van der Waals surface area contributed by atoms with E-state index in [1.165, 1.54) is 148 Å². The first-order valence-corrected chi connectivity index (χ1v) is 33.4. The summed E-state index contributed by atoms with van der Waals surface area (Å²) in [6, 6.07) is 0. The van der Waals surface area contributed by atoms with Gasteiger partial charge in [0.15, 0.2) is 6.10 Å². The molecule has 0 N–H and O–H groups in total. The Morgan fingerprint density at radius 1 is 0.266 bits per heavy atom. The minimum atomic E-state index is -0.790. The molecule has 6 heteroatoms. The Balaban J connectivity index is 4.34. The molecule has 79 heavy (non-hydrogen) atoms. The molecular formula is C73H124O6. The van der Waals surface area contributed by atoms with Gasteiger partial charge in [0.25, 0.3) is 0 Å². The molecule has 0 spiro atoms. The van der Waals surface area contributed by atoms with E-state index >= 15 is 0 Å². The molecule has 0 rings (SSSR count). The Morgan fingerprint density at radius 3 is 0.785 bits per heavy atom. The van der Waals surface area contributed by atoms with E-state index in [9.17, 15) is 14.4 Å². The summed E-state index contributed by atoms with van der Waals surface area (Å²) in [5, 5.41) is 0. The lowest BCUT2D eigenvalue weighted by molar-refractivity contribution is -0.167. The van der Waals surface area contributed by atoms with Crippen molar-refractivity contribution in [3.8, 4) is 0 Å². The number of hydrogen-bond acceptors (Lipinski definition) is 6. The first-order chi connectivity index (χ1) is 39.0. The fraction of sp³-hybridized carbons (Fsp3) is 0.712. The molecule has 6 nitrogen and oxygen atoms in total. The summed E-state index contributed by atoms with van der Waals surface area (Å²) in [4.78, 5) is 38.4. The topological polar surface area (TPSA) is 78.9 Å². The predicted molar refractivity (Wildman–Crippen MR) is 343 cm³/mol. The summed E-state index contributed by atoms with van der Waals surface area (Å²) in [5.41, 5.74) is 0. The third kappa shape index (κ3) is 64.8. The van der Waals surface area contributed by atoms with Crippen molar-refractivity contribution in [2.75, 3.05) is 13.2 Å². The zero-order valence-corrected chi connectivity index (χ0v) is 51.9. The van der Waals surface area contributed by atoms with Crippen LogP contribution in [0.2, 0.25) is 0 Å². The van der Waals surface area contributed by atoms with Crippen LogP contribution in [0.15, 0.2) is 109 Å². The molecule has 452 valence electrons. The number of allylic oxidation sites excluding steroid dienone is 18. The lowest BCUT2D eigenvalue weighted by Gasteiger charge is -2.18. The number of carbonyl (C=O) groups is 3. The summed E-state index contributed by atoms with van der Waals surface area (Å²) in [6.07, 6.45) is 91.0. The van der Waals surface area contributed by atoms with Crippen molar-refractivity contribution in [1.82, 2.24) is 0 Å². The van der Waals surface area contributed by atoms with Crippen LogP contribution in [0.5, 0.6) is 0 Å². The van der Waals surface area contributed by atoms with Crippen LogP contribution in [-0.2, 0) is 28.6 Å². The minimum absolute atomic E-state index is 0.0856. The molecule has 1 atom stereocenters. The monoisotopic (exact) mass is 1100 g/mol. The summed E-state index contributed by atoms with van der Waals surface area (Å²) >= 11 is 0. The first kappa shape index (κ1) is 75.1. The van der Waals surface area contributed by atoms with Crippen molar-refractivity contribution in [2.24, 2.45) is 0 Å². The maximum atomic E-state index is 12.9. The van der Waals surface area contributed by atoms with Crippen molar-refractivity contribution in [1.29, 1.82) is 0 Å². The highest BCUT2D eigenvalue weighted by Crippen LogP contribution is 2.16. The third-order valence-electron chi connectivity index (χ3n) is 14.2. The van der Waals surface area contributed by atoms with Gasteiger partial charge in [-0.2, -0.15) is 0 Å². The van der Waals surface area contributed by atoms with E-state index < -0.39 is 6.10 Å². The van der Waals surface area contributed by atoms with Gasteiger partial charge in [0.1, 0.15) is 13.2 Å². The summed E-state index contributed by atoms with van der Waals surface area (Å²) in [6.45, 7) is 6.42. The van der Waals surface area contributed by atoms with Crippen LogP contribution in [0.25, 0.3) is 0 Å². The largest absolute Gasteiger partial charge is 0.462 e. The van der Waals surface area contributed by atoms with E-state index in [1.807, 2.05) is 0 Å². The van der Waals surface area contributed by atoms with Crippen LogP contribution in [-0.4, -0.2) is 37.2 Å². The Hall–Kier alpha value is -3.93. The second-order valence-electron chi connectivity index (χ2n) is 22.0. The lowest BCUT2D eigenvalue weighted by atomic mass is 10.0. The van der Waals surface area contributed by atoms with Gasteiger partial charge in [0.05, 0.1) is 0 Å². The second kappa shape index (κ2) is 66.6. The second-order valence-corrected chi connectivity index (χ2v) is 22.0. The van der Waals surface area contributed by atoms with Crippen LogP contribution in [0.4, 0.5) is 0 Å². The maximum absolute atomic E-state index is 12.9. The molecule has 1 unspecified atom stereocenters. The van der Waals surface area contributed by atoms with Crippen molar-refractivity contribution < 1.29 is 28.6 Å². The van der Waals surface area contributed by atoms with E-state index in [-0.39, 0.29) is 31.1 Å². The first-order valence-electron chi connectivity index (χ1n) is 33.4. The summed E-state index contributed by atoms with van der Waals surface area (Å²) in [5.74, 6) is -0.897. The Bertz CT molecular complexity index is 1590. The molecule has 0 bridgehead atoms. The van der Waals surface area contributed by atoms with Crippen molar-refractivity contribution >= 4 is 17.9 Å². The fourth-order valence-electron chi connectivity index (χ4n) is 9.30. The van der Waals surface area contributed by atoms with Crippen molar-refractivity contribution in [3.63, 3.8) is 0 Å². The van der Waals surface area contributed by atoms with Crippen LogP contribution in [0, 0.1) is 0 Å². The molecular weight excluding hydrogens is 973 g/mol. The number of ether oxygens (including phenoxy) is 3. The zero-order chi connectivity index (χ0) is 57.1. The van der Waals surface area contributed by atoms with Crippen LogP contribution in [0.1, 0.15) is 316 Å². The number of rotatable bonds is 60. The van der Waals surface area contributed by atoms with Crippen LogP contribution in [0.3, 0.4) is 0 Å².